The minimum Gasteiger partial charge on any atom is -0.508 e. The molecular formula is C17H22O4. The second-order valence-corrected chi connectivity index (χ2v) is 6.37. The zero-order valence-corrected chi connectivity index (χ0v) is 12.8. The summed E-state index contributed by atoms with van der Waals surface area (Å²) in [5.74, 6) is 1.01. The molecule has 1 saturated heterocycles. The second kappa shape index (κ2) is 5.02. The normalized spacial score (nSPS) is 28.7. The number of phenolic OH excluding ortho intramolecular Hbond substituents is 1. The number of hydrogen-bond donors (Lipinski definition) is 1. The maximum atomic E-state index is 12.5. The summed E-state index contributed by atoms with van der Waals surface area (Å²) in [5, 5.41) is 10.1. The van der Waals surface area contributed by atoms with E-state index in [0.29, 0.717) is 24.2 Å². The van der Waals surface area contributed by atoms with Gasteiger partial charge in [-0.15, -0.1) is 0 Å². The van der Waals surface area contributed by atoms with Crippen LogP contribution < -0.4 is 4.74 Å². The van der Waals surface area contributed by atoms with Crippen molar-refractivity contribution in [2.45, 2.75) is 51.7 Å². The number of benzene rings is 1. The molecule has 0 spiro atoms. The average molecular weight is 290 g/mol. The largest absolute Gasteiger partial charge is 0.508 e. The number of aromatic hydroxyl groups is 1. The van der Waals surface area contributed by atoms with E-state index in [0.717, 1.165) is 18.6 Å². The second-order valence-electron chi connectivity index (χ2n) is 6.37. The van der Waals surface area contributed by atoms with Gasteiger partial charge in [0.15, 0.2) is 5.78 Å². The molecule has 1 N–H and O–H groups in total. The Kier molecular flexibility index (Phi) is 3.44. The fourth-order valence-electron chi connectivity index (χ4n) is 3.12. The first-order chi connectivity index (χ1) is 9.96. The maximum absolute atomic E-state index is 12.5. The number of carbonyl (C=O) groups is 1. The summed E-state index contributed by atoms with van der Waals surface area (Å²) in [4.78, 5) is 12.5. The number of hydrogen-bond acceptors (Lipinski definition) is 4. The molecule has 3 rings (SSSR count). The first-order valence-corrected chi connectivity index (χ1v) is 7.65. The summed E-state index contributed by atoms with van der Waals surface area (Å²) >= 11 is 0. The van der Waals surface area contributed by atoms with Crippen molar-refractivity contribution in [1.29, 1.82) is 0 Å². The van der Waals surface area contributed by atoms with Gasteiger partial charge in [0.2, 0.25) is 0 Å². The number of Topliss-reactive ketones (excluding diaryl/α,β-unsaturated/α-hetero) is 1. The fourth-order valence-corrected chi connectivity index (χ4v) is 3.12. The molecule has 3 unspecified atom stereocenters. The van der Waals surface area contributed by atoms with Crippen LogP contribution >= 0.6 is 0 Å². The molecule has 1 fully saturated rings. The van der Waals surface area contributed by atoms with Crippen LogP contribution in [0.1, 0.15) is 49.5 Å². The van der Waals surface area contributed by atoms with Gasteiger partial charge in [-0.3, -0.25) is 4.79 Å². The molecule has 4 heteroatoms. The smallest absolute Gasteiger partial charge is 0.170 e. The predicted molar refractivity (Wildman–Crippen MR) is 79.0 cm³/mol. The zero-order valence-electron chi connectivity index (χ0n) is 12.8. The summed E-state index contributed by atoms with van der Waals surface area (Å²) in [6, 6.07) is 3.27. The lowest BCUT2D eigenvalue weighted by molar-refractivity contribution is 0.00526. The minimum absolute atomic E-state index is 0.0867. The van der Waals surface area contributed by atoms with Crippen LogP contribution in [0.4, 0.5) is 0 Å². The summed E-state index contributed by atoms with van der Waals surface area (Å²) in [6.45, 7) is 6.82. The van der Waals surface area contributed by atoms with E-state index in [-0.39, 0.29) is 23.6 Å². The minimum atomic E-state index is -0.568. The van der Waals surface area contributed by atoms with Gasteiger partial charge in [0.05, 0.1) is 24.7 Å². The van der Waals surface area contributed by atoms with E-state index >= 15 is 0 Å². The van der Waals surface area contributed by atoms with Crippen molar-refractivity contribution in [3.05, 3.63) is 23.3 Å². The number of ether oxygens (including phenoxy) is 2. The van der Waals surface area contributed by atoms with Gasteiger partial charge in [-0.1, -0.05) is 20.3 Å². The molecule has 1 aromatic rings. The Labute approximate surface area is 125 Å². The molecule has 0 bridgehead atoms. The van der Waals surface area contributed by atoms with Crippen molar-refractivity contribution in [2.24, 2.45) is 5.92 Å². The predicted octanol–water partition coefficient (Wildman–Crippen LogP) is 3.10. The van der Waals surface area contributed by atoms with Crippen molar-refractivity contribution in [3.63, 3.8) is 0 Å². The van der Waals surface area contributed by atoms with Crippen LogP contribution in [0.3, 0.4) is 0 Å². The van der Waals surface area contributed by atoms with Crippen molar-refractivity contribution >= 4 is 5.78 Å². The third kappa shape index (κ3) is 2.42. The number of carbonyl (C=O) groups excluding carboxylic acids is 1. The molecule has 0 amide bonds. The number of epoxide rings is 1. The third-order valence-corrected chi connectivity index (χ3v) is 4.76. The highest BCUT2D eigenvalue weighted by Gasteiger charge is 2.48. The SMILES string of the molecule is CCCc1c(O)ccc2c1OC(C)(C(C)C1CO1)CC2=O. The molecular weight excluding hydrogens is 268 g/mol. The first-order valence-electron chi connectivity index (χ1n) is 7.65. The lowest BCUT2D eigenvalue weighted by atomic mass is 9.80. The Morgan fingerprint density at radius 3 is 2.81 bits per heavy atom. The van der Waals surface area contributed by atoms with Crippen LogP contribution in [0.5, 0.6) is 11.5 Å². The van der Waals surface area contributed by atoms with E-state index < -0.39 is 5.60 Å². The molecule has 4 nitrogen and oxygen atoms in total. The van der Waals surface area contributed by atoms with E-state index in [2.05, 4.69) is 6.92 Å². The third-order valence-electron chi connectivity index (χ3n) is 4.76. The van der Waals surface area contributed by atoms with Crippen LogP contribution in [0.2, 0.25) is 0 Å². The topological polar surface area (TPSA) is 59.1 Å². The Bertz CT molecular complexity index is 576. The maximum Gasteiger partial charge on any atom is 0.170 e. The molecule has 21 heavy (non-hydrogen) atoms. The van der Waals surface area contributed by atoms with Crippen molar-refractivity contribution in [2.75, 3.05) is 6.61 Å². The van der Waals surface area contributed by atoms with E-state index in [1.54, 1.807) is 12.1 Å². The van der Waals surface area contributed by atoms with Gasteiger partial charge in [-0.2, -0.15) is 0 Å². The molecule has 0 aromatic heterocycles. The summed E-state index contributed by atoms with van der Waals surface area (Å²) in [7, 11) is 0. The van der Waals surface area contributed by atoms with E-state index in [9.17, 15) is 9.90 Å². The standard InChI is InChI=1S/C17H22O4/c1-4-5-11-13(18)7-6-12-14(19)8-17(3,21-16(11)12)10(2)15-9-20-15/h6-7,10,15,18H,4-5,8-9H2,1-3H3. The highest BCUT2D eigenvalue weighted by atomic mass is 16.6. The number of fused-ring (bicyclic) bond motifs is 1. The molecule has 114 valence electrons. The molecule has 1 aromatic carbocycles. The monoisotopic (exact) mass is 290 g/mol. The fraction of sp³-hybridized carbons (Fsp3) is 0.588. The Morgan fingerprint density at radius 1 is 1.48 bits per heavy atom. The highest BCUT2D eigenvalue weighted by molar-refractivity contribution is 6.01. The molecule has 0 saturated carbocycles. The van der Waals surface area contributed by atoms with Gasteiger partial charge in [0, 0.05) is 11.5 Å². The lowest BCUT2D eigenvalue weighted by Crippen LogP contribution is -2.47. The van der Waals surface area contributed by atoms with E-state index in [1.807, 2.05) is 13.8 Å². The Balaban J connectivity index is 2.02. The Morgan fingerprint density at radius 2 is 2.19 bits per heavy atom. The number of rotatable bonds is 4. The average Bonchev–Trinajstić information content (AvgIpc) is 3.25. The lowest BCUT2D eigenvalue weighted by Gasteiger charge is -2.40. The van der Waals surface area contributed by atoms with Crippen LogP contribution in [-0.4, -0.2) is 29.2 Å². The van der Waals surface area contributed by atoms with Crippen LogP contribution in [0.25, 0.3) is 0 Å². The molecule has 3 atom stereocenters. The van der Waals surface area contributed by atoms with E-state index in [1.165, 1.54) is 0 Å². The molecule has 2 aliphatic heterocycles. The van der Waals surface area contributed by atoms with Crippen LogP contribution in [-0.2, 0) is 11.2 Å². The number of ketones is 1. The summed E-state index contributed by atoms with van der Waals surface area (Å²) in [6.07, 6.45) is 2.13. The molecule has 0 aliphatic carbocycles. The number of phenols is 1. The van der Waals surface area contributed by atoms with Crippen molar-refractivity contribution < 1.29 is 19.4 Å². The van der Waals surface area contributed by atoms with Gasteiger partial charge in [-0.05, 0) is 25.5 Å². The zero-order chi connectivity index (χ0) is 15.2. The summed E-state index contributed by atoms with van der Waals surface area (Å²) < 4.78 is 11.6. The van der Waals surface area contributed by atoms with Gasteiger partial charge in [0.25, 0.3) is 0 Å². The quantitative estimate of drug-likeness (QED) is 0.866. The molecule has 2 heterocycles. The van der Waals surface area contributed by atoms with Crippen LogP contribution in [0, 0.1) is 5.92 Å². The molecule has 0 radical (unpaired) electrons. The van der Waals surface area contributed by atoms with Gasteiger partial charge >= 0.3 is 0 Å². The highest BCUT2D eigenvalue weighted by Crippen LogP contribution is 2.44. The van der Waals surface area contributed by atoms with Gasteiger partial charge in [-0.25, -0.2) is 0 Å². The first kappa shape index (κ1) is 14.4. The van der Waals surface area contributed by atoms with Crippen LogP contribution in [0.15, 0.2) is 12.1 Å². The summed E-state index contributed by atoms with van der Waals surface area (Å²) in [5.41, 5.74) is 0.775. The van der Waals surface area contributed by atoms with Crippen molar-refractivity contribution in [3.8, 4) is 11.5 Å². The van der Waals surface area contributed by atoms with Crippen molar-refractivity contribution in [1.82, 2.24) is 0 Å². The van der Waals surface area contributed by atoms with E-state index in [4.69, 9.17) is 9.47 Å². The van der Waals surface area contributed by atoms with Gasteiger partial charge in [0.1, 0.15) is 17.1 Å². The Hall–Kier alpha value is -1.55. The van der Waals surface area contributed by atoms with Gasteiger partial charge < -0.3 is 14.6 Å². The molecule has 2 aliphatic rings.